The van der Waals surface area contributed by atoms with Crippen LogP contribution in [0.3, 0.4) is 0 Å². The Morgan fingerprint density at radius 2 is 1.65 bits per heavy atom. The first-order valence-corrected chi connectivity index (χ1v) is 10.9. The molecule has 0 radical (unpaired) electrons. The highest BCUT2D eigenvalue weighted by Gasteiger charge is 2.26. The molecule has 0 saturated carbocycles. The zero-order valence-corrected chi connectivity index (χ0v) is 17.4. The van der Waals surface area contributed by atoms with Crippen LogP contribution in [0.15, 0.2) is 6.20 Å². The summed E-state index contributed by atoms with van der Waals surface area (Å²) in [6.45, 7) is 16.4. The van der Waals surface area contributed by atoms with Crippen LogP contribution in [0.2, 0.25) is 0 Å². The minimum Gasteiger partial charge on any atom is -0.303 e. The van der Waals surface area contributed by atoms with E-state index < -0.39 is 0 Å². The van der Waals surface area contributed by atoms with E-state index in [0.717, 1.165) is 30.0 Å². The molecule has 3 rings (SSSR count). The molecule has 2 aliphatic rings. The Morgan fingerprint density at radius 1 is 1.00 bits per heavy atom. The number of hydrogen-bond acceptors (Lipinski definition) is 4. The van der Waals surface area contributed by atoms with Gasteiger partial charge in [-0.2, -0.15) is 0 Å². The highest BCUT2D eigenvalue weighted by molar-refractivity contribution is 4.94. The summed E-state index contributed by atoms with van der Waals surface area (Å²) >= 11 is 0. The molecule has 1 aromatic heterocycles. The van der Waals surface area contributed by atoms with Gasteiger partial charge >= 0.3 is 0 Å². The minimum absolute atomic E-state index is 0.395. The van der Waals surface area contributed by atoms with Crippen molar-refractivity contribution in [1.29, 1.82) is 0 Å². The molecule has 0 bridgehead atoms. The van der Waals surface area contributed by atoms with Gasteiger partial charge in [0.05, 0.1) is 11.9 Å². The third-order valence-corrected chi connectivity index (χ3v) is 6.78. The van der Waals surface area contributed by atoms with E-state index in [-0.39, 0.29) is 0 Å². The first-order chi connectivity index (χ1) is 12.5. The summed E-state index contributed by atoms with van der Waals surface area (Å²) in [4.78, 5) is 5.30. The lowest BCUT2D eigenvalue weighted by atomic mass is 9.83. The second kappa shape index (κ2) is 9.32. The fraction of sp³-hybridized carbons (Fsp3) is 0.905. The molecule has 0 aliphatic carbocycles. The zero-order valence-electron chi connectivity index (χ0n) is 17.4. The van der Waals surface area contributed by atoms with Crippen molar-refractivity contribution in [2.75, 3.05) is 32.7 Å². The lowest BCUT2D eigenvalue weighted by molar-refractivity contribution is 0.102. The molecule has 2 fully saturated rings. The van der Waals surface area contributed by atoms with Crippen LogP contribution in [0, 0.1) is 17.8 Å². The fourth-order valence-electron chi connectivity index (χ4n) is 4.60. The highest BCUT2D eigenvalue weighted by Crippen LogP contribution is 2.28. The third kappa shape index (κ3) is 5.29. The normalized spacial score (nSPS) is 23.0. The second-order valence-electron chi connectivity index (χ2n) is 9.03. The van der Waals surface area contributed by atoms with Crippen LogP contribution in [0.4, 0.5) is 0 Å². The third-order valence-electron chi connectivity index (χ3n) is 6.78. The summed E-state index contributed by atoms with van der Waals surface area (Å²) in [6, 6.07) is 0.395. The Bertz CT molecular complexity index is 524. The van der Waals surface area contributed by atoms with Gasteiger partial charge in [-0.15, -0.1) is 5.10 Å². The Hall–Kier alpha value is -0.940. The summed E-state index contributed by atoms with van der Waals surface area (Å²) < 4.78 is 1.96. The van der Waals surface area contributed by atoms with Crippen molar-refractivity contribution in [3.63, 3.8) is 0 Å². The van der Waals surface area contributed by atoms with Gasteiger partial charge in [-0.05, 0) is 83.5 Å². The Kier molecular flexibility index (Phi) is 7.10. The number of piperidine rings is 2. The van der Waals surface area contributed by atoms with E-state index in [1.807, 2.05) is 4.68 Å². The van der Waals surface area contributed by atoms with Crippen LogP contribution in [-0.2, 0) is 6.54 Å². The number of aromatic nitrogens is 3. The van der Waals surface area contributed by atoms with Crippen molar-refractivity contribution in [2.45, 2.75) is 72.4 Å². The number of rotatable bonds is 7. The van der Waals surface area contributed by atoms with Crippen LogP contribution >= 0.6 is 0 Å². The topological polar surface area (TPSA) is 37.2 Å². The summed E-state index contributed by atoms with van der Waals surface area (Å²) in [5.41, 5.74) is 1.12. The lowest BCUT2D eigenvalue weighted by Gasteiger charge is -2.38. The molecule has 1 atom stereocenters. The summed E-state index contributed by atoms with van der Waals surface area (Å²) in [6.07, 6.45) is 8.96. The molecule has 2 saturated heterocycles. The summed E-state index contributed by atoms with van der Waals surface area (Å²) in [5.74, 6) is 2.77. The molecular formula is C21H39N5. The average Bonchev–Trinajstić information content (AvgIpc) is 3.12. The van der Waals surface area contributed by atoms with Gasteiger partial charge in [0.2, 0.25) is 0 Å². The van der Waals surface area contributed by atoms with Crippen molar-refractivity contribution >= 4 is 0 Å². The SMILES string of the molecule is CCC(C)C1CCN(CC2CCN(Cc3cn(C(C)C)nn3)CC2)CC1. The highest BCUT2D eigenvalue weighted by atomic mass is 15.4. The predicted molar refractivity (Wildman–Crippen MR) is 107 cm³/mol. The van der Waals surface area contributed by atoms with E-state index in [9.17, 15) is 0 Å². The van der Waals surface area contributed by atoms with Gasteiger partial charge in [0.15, 0.2) is 0 Å². The van der Waals surface area contributed by atoms with E-state index in [2.05, 4.69) is 54.0 Å². The molecule has 0 spiro atoms. The minimum atomic E-state index is 0.395. The van der Waals surface area contributed by atoms with Crippen LogP contribution in [-0.4, -0.2) is 57.5 Å². The molecule has 0 aromatic carbocycles. The van der Waals surface area contributed by atoms with Gasteiger partial charge in [0, 0.05) is 19.1 Å². The van der Waals surface area contributed by atoms with E-state index >= 15 is 0 Å². The van der Waals surface area contributed by atoms with Crippen molar-refractivity contribution in [3.05, 3.63) is 11.9 Å². The summed E-state index contributed by atoms with van der Waals surface area (Å²) in [7, 11) is 0. The first kappa shape index (κ1) is 19.8. The molecular weight excluding hydrogens is 322 g/mol. The number of likely N-dealkylation sites (tertiary alicyclic amines) is 2. The molecule has 0 N–H and O–H groups in total. The maximum Gasteiger partial charge on any atom is 0.0967 e. The molecule has 5 nitrogen and oxygen atoms in total. The molecule has 0 amide bonds. The van der Waals surface area contributed by atoms with Crippen molar-refractivity contribution in [3.8, 4) is 0 Å². The van der Waals surface area contributed by atoms with Crippen LogP contribution < -0.4 is 0 Å². The Balaban J connectivity index is 1.36. The second-order valence-corrected chi connectivity index (χ2v) is 9.03. The molecule has 26 heavy (non-hydrogen) atoms. The van der Waals surface area contributed by atoms with E-state index in [0.29, 0.717) is 6.04 Å². The van der Waals surface area contributed by atoms with Gasteiger partial charge in [0.25, 0.3) is 0 Å². The lowest BCUT2D eigenvalue weighted by Crippen LogP contribution is -2.42. The van der Waals surface area contributed by atoms with Crippen molar-refractivity contribution in [1.82, 2.24) is 24.8 Å². The number of nitrogens with zero attached hydrogens (tertiary/aromatic N) is 5. The van der Waals surface area contributed by atoms with Crippen LogP contribution in [0.25, 0.3) is 0 Å². The Labute approximate surface area is 160 Å². The van der Waals surface area contributed by atoms with Gasteiger partial charge in [-0.3, -0.25) is 4.90 Å². The molecule has 1 unspecified atom stereocenters. The van der Waals surface area contributed by atoms with Gasteiger partial charge in [-0.1, -0.05) is 25.5 Å². The van der Waals surface area contributed by atoms with E-state index in [4.69, 9.17) is 0 Å². The molecule has 3 heterocycles. The largest absolute Gasteiger partial charge is 0.303 e. The molecule has 5 heteroatoms. The quantitative estimate of drug-likeness (QED) is 0.740. The fourth-order valence-corrected chi connectivity index (χ4v) is 4.60. The van der Waals surface area contributed by atoms with Crippen molar-refractivity contribution < 1.29 is 0 Å². The van der Waals surface area contributed by atoms with Crippen LogP contribution in [0.1, 0.15) is 71.5 Å². The first-order valence-electron chi connectivity index (χ1n) is 10.9. The monoisotopic (exact) mass is 361 g/mol. The standard InChI is InChI=1S/C21H39N5/c1-5-18(4)20-8-12-24(13-9-20)14-19-6-10-25(11-7-19)15-21-16-26(17(2)3)23-22-21/h16-20H,5-15H2,1-4H3. The number of hydrogen-bond donors (Lipinski definition) is 0. The van der Waals surface area contributed by atoms with Gasteiger partial charge < -0.3 is 4.90 Å². The zero-order chi connectivity index (χ0) is 18.5. The average molecular weight is 362 g/mol. The van der Waals surface area contributed by atoms with Gasteiger partial charge in [0.1, 0.15) is 0 Å². The van der Waals surface area contributed by atoms with Crippen LogP contribution in [0.5, 0.6) is 0 Å². The molecule has 1 aromatic rings. The van der Waals surface area contributed by atoms with E-state index in [1.54, 1.807) is 0 Å². The van der Waals surface area contributed by atoms with E-state index in [1.165, 1.54) is 64.8 Å². The summed E-state index contributed by atoms with van der Waals surface area (Å²) in [5, 5.41) is 8.57. The van der Waals surface area contributed by atoms with Crippen molar-refractivity contribution in [2.24, 2.45) is 17.8 Å². The smallest absolute Gasteiger partial charge is 0.0967 e. The maximum absolute atomic E-state index is 4.34. The Morgan fingerprint density at radius 3 is 2.23 bits per heavy atom. The van der Waals surface area contributed by atoms with Gasteiger partial charge in [-0.25, -0.2) is 4.68 Å². The molecule has 148 valence electrons. The maximum atomic E-state index is 4.34. The molecule has 2 aliphatic heterocycles. The predicted octanol–water partition coefficient (Wildman–Crippen LogP) is 3.83.